The van der Waals surface area contributed by atoms with Crippen LogP contribution >= 0.6 is 11.3 Å². The van der Waals surface area contributed by atoms with Crippen molar-refractivity contribution in [3.63, 3.8) is 0 Å². The van der Waals surface area contributed by atoms with E-state index in [1.165, 1.54) is 28.4 Å². The molecule has 0 saturated carbocycles. The monoisotopic (exact) mass is 329 g/mol. The van der Waals surface area contributed by atoms with Crippen molar-refractivity contribution < 1.29 is 4.79 Å². The van der Waals surface area contributed by atoms with Crippen LogP contribution in [0.5, 0.6) is 0 Å². The highest BCUT2D eigenvalue weighted by atomic mass is 32.1. The number of rotatable bonds is 3. The highest BCUT2D eigenvalue weighted by Crippen LogP contribution is 2.25. The molecule has 3 aromatic heterocycles. The van der Waals surface area contributed by atoms with Crippen molar-refractivity contribution in [3.8, 4) is 0 Å². The third-order valence-corrected chi connectivity index (χ3v) is 4.72. The largest absolute Gasteiger partial charge is 0.308 e. The van der Waals surface area contributed by atoms with E-state index in [1.807, 2.05) is 13.8 Å². The van der Waals surface area contributed by atoms with E-state index in [0.717, 1.165) is 10.4 Å². The van der Waals surface area contributed by atoms with Gasteiger partial charge in [0.15, 0.2) is 5.82 Å². The molecule has 1 amide bonds. The summed E-state index contributed by atoms with van der Waals surface area (Å²) in [5.74, 6) is 0.0450. The zero-order chi connectivity index (χ0) is 16.6. The molecule has 3 heterocycles. The second-order valence-corrected chi connectivity index (χ2v) is 6.38. The van der Waals surface area contributed by atoms with Gasteiger partial charge < -0.3 is 5.32 Å². The molecule has 0 spiro atoms. The molecule has 0 aliphatic heterocycles. The lowest BCUT2D eigenvalue weighted by atomic mass is 10.2. The number of carbonyl (C=O) groups is 1. The van der Waals surface area contributed by atoms with Crippen molar-refractivity contribution in [1.29, 1.82) is 0 Å². The van der Waals surface area contributed by atoms with Gasteiger partial charge in [-0.05, 0) is 26.3 Å². The van der Waals surface area contributed by atoms with Crippen LogP contribution < -0.4 is 10.9 Å². The maximum atomic E-state index is 12.5. The minimum Gasteiger partial charge on any atom is -0.308 e. The van der Waals surface area contributed by atoms with E-state index in [2.05, 4.69) is 20.3 Å². The average Bonchev–Trinajstić information content (AvgIpc) is 2.80. The maximum absolute atomic E-state index is 12.5. The van der Waals surface area contributed by atoms with Crippen molar-refractivity contribution >= 4 is 33.3 Å². The number of hydrogen-bond donors (Lipinski definition) is 1. The summed E-state index contributed by atoms with van der Waals surface area (Å²) >= 11 is 1.48. The fourth-order valence-corrected chi connectivity index (χ4v) is 3.23. The molecule has 0 saturated heterocycles. The Morgan fingerprint density at radius 1 is 1.22 bits per heavy atom. The summed E-state index contributed by atoms with van der Waals surface area (Å²) in [5, 5.41) is 3.24. The standard InChI is InChI=1S/C15H15N5O2S/c1-8-10(3)23-14-12(8)15(22)20(7-18-14)6-11(21)19-13-9(2)16-4-5-17-13/h4-5,7H,6H2,1-3H3,(H,17,19,21). The van der Waals surface area contributed by atoms with E-state index in [0.29, 0.717) is 21.7 Å². The molecule has 23 heavy (non-hydrogen) atoms. The minimum absolute atomic E-state index is 0.119. The first kappa shape index (κ1) is 15.3. The Hall–Kier alpha value is -2.61. The van der Waals surface area contributed by atoms with Crippen LogP contribution in [0.4, 0.5) is 5.82 Å². The van der Waals surface area contributed by atoms with Gasteiger partial charge in [-0.2, -0.15) is 0 Å². The van der Waals surface area contributed by atoms with Gasteiger partial charge in [0, 0.05) is 17.3 Å². The van der Waals surface area contributed by atoms with Crippen molar-refractivity contribution in [1.82, 2.24) is 19.5 Å². The van der Waals surface area contributed by atoms with E-state index in [9.17, 15) is 9.59 Å². The van der Waals surface area contributed by atoms with Gasteiger partial charge in [0.05, 0.1) is 17.4 Å². The molecule has 0 atom stereocenters. The number of hydrogen-bond acceptors (Lipinski definition) is 6. The molecule has 1 N–H and O–H groups in total. The number of aromatic nitrogens is 4. The Bertz CT molecular complexity index is 960. The van der Waals surface area contributed by atoms with Crippen molar-refractivity contribution in [2.45, 2.75) is 27.3 Å². The topological polar surface area (TPSA) is 89.8 Å². The lowest BCUT2D eigenvalue weighted by molar-refractivity contribution is -0.116. The summed E-state index contributed by atoms with van der Waals surface area (Å²) in [6, 6.07) is 0. The van der Waals surface area contributed by atoms with Gasteiger partial charge in [-0.1, -0.05) is 0 Å². The first-order valence-electron chi connectivity index (χ1n) is 7.00. The number of amides is 1. The number of nitrogens with one attached hydrogen (secondary N) is 1. The van der Waals surface area contributed by atoms with Crippen LogP contribution in [0.15, 0.2) is 23.5 Å². The predicted octanol–water partition coefficient (Wildman–Crippen LogP) is 1.81. The van der Waals surface area contributed by atoms with Gasteiger partial charge in [0.25, 0.3) is 5.56 Å². The lowest BCUT2D eigenvalue weighted by Crippen LogP contribution is -2.28. The van der Waals surface area contributed by atoms with Crippen LogP contribution in [0.25, 0.3) is 10.2 Å². The SMILES string of the molecule is Cc1nccnc1NC(=O)Cn1cnc2sc(C)c(C)c2c1=O. The zero-order valence-electron chi connectivity index (χ0n) is 13.0. The Balaban J connectivity index is 1.88. The van der Waals surface area contributed by atoms with Gasteiger partial charge in [-0.15, -0.1) is 11.3 Å². The predicted molar refractivity (Wildman–Crippen MR) is 88.8 cm³/mol. The summed E-state index contributed by atoms with van der Waals surface area (Å²) in [7, 11) is 0. The van der Waals surface area contributed by atoms with E-state index in [-0.39, 0.29) is 18.0 Å². The first-order chi connectivity index (χ1) is 11.0. The molecular weight excluding hydrogens is 314 g/mol. The number of anilines is 1. The lowest BCUT2D eigenvalue weighted by Gasteiger charge is -2.08. The molecule has 118 valence electrons. The third-order valence-electron chi connectivity index (χ3n) is 3.61. The van der Waals surface area contributed by atoms with Crippen molar-refractivity contribution in [3.05, 3.63) is 45.2 Å². The van der Waals surface area contributed by atoms with E-state index in [4.69, 9.17) is 0 Å². The number of carbonyl (C=O) groups excluding carboxylic acids is 1. The Labute approximate surface area is 136 Å². The second-order valence-electron chi connectivity index (χ2n) is 5.18. The third kappa shape index (κ3) is 2.85. The number of nitrogens with zero attached hydrogens (tertiary/aromatic N) is 4. The molecule has 3 aromatic rings. The molecule has 0 unspecified atom stereocenters. The van der Waals surface area contributed by atoms with Crippen molar-refractivity contribution in [2.24, 2.45) is 0 Å². The summed E-state index contributed by atoms with van der Waals surface area (Å²) in [5.41, 5.74) is 1.33. The van der Waals surface area contributed by atoms with Gasteiger partial charge in [-0.25, -0.2) is 9.97 Å². The number of thiophene rings is 1. The molecule has 0 fully saturated rings. The molecule has 0 aromatic carbocycles. The highest BCUT2D eigenvalue weighted by Gasteiger charge is 2.14. The summed E-state index contributed by atoms with van der Waals surface area (Å²) in [6.45, 7) is 5.48. The zero-order valence-corrected chi connectivity index (χ0v) is 13.8. The summed E-state index contributed by atoms with van der Waals surface area (Å²) < 4.78 is 1.31. The van der Waals surface area contributed by atoms with E-state index < -0.39 is 0 Å². The maximum Gasteiger partial charge on any atom is 0.262 e. The Kier molecular flexibility index (Phi) is 3.91. The van der Waals surface area contributed by atoms with Crippen LogP contribution in [0, 0.1) is 20.8 Å². The first-order valence-corrected chi connectivity index (χ1v) is 7.81. The fourth-order valence-electron chi connectivity index (χ4n) is 2.24. The second kappa shape index (κ2) is 5.88. The molecule has 0 aliphatic carbocycles. The molecule has 0 aliphatic rings. The fraction of sp³-hybridized carbons (Fsp3) is 0.267. The molecule has 7 nitrogen and oxygen atoms in total. The van der Waals surface area contributed by atoms with E-state index in [1.54, 1.807) is 13.1 Å². The minimum atomic E-state index is -0.346. The van der Waals surface area contributed by atoms with Crippen LogP contribution in [-0.2, 0) is 11.3 Å². The van der Waals surface area contributed by atoms with Crippen molar-refractivity contribution in [2.75, 3.05) is 5.32 Å². The normalized spacial score (nSPS) is 10.9. The van der Waals surface area contributed by atoms with Crippen LogP contribution in [-0.4, -0.2) is 25.4 Å². The number of aryl methyl sites for hydroxylation is 3. The average molecular weight is 329 g/mol. The number of fused-ring (bicyclic) bond motifs is 1. The summed E-state index contributed by atoms with van der Waals surface area (Å²) in [4.78, 5) is 38.8. The van der Waals surface area contributed by atoms with Crippen LogP contribution in [0.2, 0.25) is 0 Å². The quantitative estimate of drug-likeness (QED) is 0.791. The van der Waals surface area contributed by atoms with Crippen LogP contribution in [0.3, 0.4) is 0 Å². The Morgan fingerprint density at radius 3 is 2.70 bits per heavy atom. The molecule has 3 rings (SSSR count). The molecule has 0 bridgehead atoms. The molecular formula is C15H15N5O2S. The van der Waals surface area contributed by atoms with Gasteiger partial charge in [0.1, 0.15) is 11.4 Å². The van der Waals surface area contributed by atoms with Gasteiger partial charge in [0.2, 0.25) is 5.91 Å². The van der Waals surface area contributed by atoms with Gasteiger partial charge >= 0.3 is 0 Å². The van der Waals surface area contributed by atoms with E-state index >= 15 is 0 Å². The Morgan fingerprint density at radius 2 is 1.96 bits per heavy atom. The molecule has 8 heteroatoms. The van der Waals surface area contributed by atoms with Crippen LogP contribution in [0.1, 0.15) is 16.1 Å². The molecule has 0 radical (unpaired) electrons. The smallest absolute Gasteiger partial charge is 0.262 e. The van der Waals surface area contributed by atoms with Gasteiger partial charge in [-0.3, -0.25) is 19.1 Å². The highest BCUT2D eigenvalue weighted by molar-refractivity contribution is 7.18. The summed E-state index contributed by atoms with van der Waals surface area (Å²) in [6.07, 6.45) is 4.46.